The van der Waals surface area contributed by atoms with Crippen molar-refractivity contribution in [2.45, 2.75) is 6.54 Å². The van der Waals surface area contributed by atoms with Crippen LogP contribution in [0.25, 0.3) is 0 Å². The zero-order chi connectivity index (χ0) is 18.5. The van der Waals surface area contributed by atoms with Crippen molar-refractivity contribution in [2.24, 2.45) is 10.7 Å². The standard InChI is InChI=1S/C18H25N7OS/c19-17(24-5-7-25(8-6-24)18-21-4-13-27-18)22-14-15-2-1-3-20-16(15)23-9-11-26-12-10-23/h1-4,13H,5-12,14H2,(H2,19,22). The Bertz CT molecular complexity index is 753. The number of nitrogens with two attached hydrogens (primary N) is 1. The van der Waals surface area contributed by atoms with Crippen LogP contribution in [0.1, 0.15) is 5.56 Å². The highest BCUT2D eigenvalue weighted by Gasteiger charge is 2.20. The van der Waals surface area contributed by atoms with Crippen LogP contribution in [0.4, 0.5) is 10.9 Å². The molecule has 2 aliphatic heterocycles. The average Bonchev–Trinajstić information content (AvgIpc) is 3.28. The van der Waals surface area contributed by atoms with Gasteiger partial charge in [-0.15, -0.1) is 11.3 Å². The van der Waals surface area contributed by atoms with Gasteiger partial charge in [0.2, 0.25) is 0 Å². The Balaban J connectivity index is 1.37. The molecule has 2 aliphatic rings. The van der Waals surface area contributed by atoms with E-state index in [2.05, 4.69) is 35.7 Å². The van der Waals surface area contributed by atoms with Crippen molar-refractivity contribution in [3.63, 3.8) is 0 Å². The van der Waals surface area contributed by atoms with E-state index in [0.29, 0.717) is 12.5 Å². The second-order valence-corrected chi connectivity index (χ2v) is 7.42. The number of pyridine rings is 1. The van der Waals surface area contributed by atoms with Crippen molar-refractivity contribution in [3.8, 4) is 0 Å². The predicted molar refractivity (Wildman–Crippen MR) is 108 cm³/mol. The van der Waals surface area contributed by atoms with Crippen LogP contribution < -0.4 is 15.5 Å². The largest absolute Gasteiger partial charge is 0.378 e. The molecule has 0 aliphatic carbocycles. The lowest BCUT2D eigenvalue weighted by Gasteiger charge is -2.35. The Hall–Kier alpha value is -2.39. The van der Waals surface area contributed by atoms with Gasteiger partial charge in [-0.3, -0.25) is 0 Å². The molecule has 4 rings (SSSR count). The molecule has 8 nitrogen and oxygen atoms in total. The third-order valence-electron chi connectivity index (χ3n) is 4.88. The lowest BCUT2D eigenvalue weighted by atomic mass is 10.2. The molecule has 2 N–H and O–H groups in total. The van der Waals surface area contributed by atoms with Gasteiger partial charge in [-0.2, -0.15) is 0 Å². The van der Waals surface area contributed by atoms with Gasteiger partial charge in [0.15, 0.2) is 11.1 Å². The maximum absolute atomic E-state index is 6.28. The zero-order valence-corrected chi connectivity index (χ0v) is 16.1. The van der Waals surface area contributed by atoms with Gasteiger partial charge >= 0.3 is 0 Å². The van der Waals surface area contributed by atoms with Crippen LogP contribution in [-0.4, -0.2) is 73.3 Å². The van der Waals surface area contributed by atoms with E-state index in [4.69, 9.17) is 10.5 Å². The molecule has 2 saturated heterocycles. The van der Waals surface area contributed by atoms with Crippen LogP contribution in [0.3, 0.4) is 0 Å². The second kappa shape index (κ2) is 8.53. The first-order chi connectivity index (χ1) is 13.3. The minimum atomic E-state index is 0.541. The third kappa shape index (κ3) is 4.30. The summed E-state index contributed by atoms with van der Waals surface area (Å²) in [4.78, 5) is 20.3. The summed E-state index contributed by atoms with van der Waals surface area (Å²) in [7, 11) is 0. The molecule has 0 amide bonds. The summed E-state index contributed by atoms with van der Waals surface area (Å²) < 4.78 is 5.44. The summed E-state index contributed by atoms with van der Waals surface area (Å²) in [6.45, 7) is 7.29. The molecule has 0 aromatic carbocycles. The lowest BCUT2D eigenvalue weighted by molar-refractivity contribution is 0.122. The summed E-state index contributed by atoms with van der Waals surface area (Å²) in [6, 6.07) is 4.03. The van der Waals surface area contributed by atoms with Gasteiger partial charge in [0.05, 0.1) is 19.8 Å². The SMILES string of the molecule is NC(=NCc1cccnc1N1CCOCC1)N1CCN(c2nccs2)CC1. The Morgan fingerprint density at radius 2 is 1.89 bits per heavy atom. The molecule has 0 radical (unpaired) electrons. The number of ether oxygens (including phenoxy) is 1. The number of thiazole rings is 1. The minimum absolute atomic E-state index is 0.541. The topological polar surface area (TPSA) is 83.1 Å². The van der Waals surface area contributed by atoms with E-state index < -0.39 is 0 Å². The number of morpholine rings is 1. The number of aliphatic imine (C=N–C) groups is 1. The van der Waals surface area contributed by atoms with Crippen LogP contribution >= 0.6 is 11.3 Å². The number of rotatable bonds is 4. The Morgan fingerprint density at radius 1 is 1.07 bits per heavy atom. The Morgan fingerprint density at radius 3 is 2.63 bits per heavy atom. The quantitative estimate of drug-likeness (QED) is 0.619. The predicted octanol–water partition coefficient (Wildman–Crippen LogP) is 1.01. The fourth-order valence-electron chi connectivity index (χ4n) is 3.38. The van der Waals surface area contributed by atoms with Crippen molar-refractivity contribution in [1.29, 1.82) is 0 Å². The van der Waals surface area contributed by atoms with E-state index in [0.717, 1.165) is 69.0 Å². The molecule has 2 aromatic rings. The van der Waals surface area contributed by atoms with Crippen molar-refractivity contribution in [3.05, 3.63) is 35.5 Å². The number of anilines is 2. The first-order valence-corrected chi connectivity index (χ1v) is 10.1. The summed E-state index contributed by atoms with van der Waals surface area (Å²) in [5, 5.41) is 3.09. The van der Waals surface area contributed by atoms with E-state index in [-0.39, 0.29) is 0 Å². The summed E-state index contributed by atoms with van der Waals surface area (Å²) >= 11 is 1.68. The molecular formula is C18H25N7OS. The highest BCUT2D eigenvalue weighted by atomic mass is 32.1. The van der Waals surface area contributed by atoms with Crippen LogP contribution in [0.15, 0.2) is 34.9 Å². The van der Waals surface area contributed by atoms with Crippen molar-refractivity contribution >= 4 is 28.2 Å². The highest BCUT2D eigenvalue weighted by molar-refractivity contribution is 7.13. The lowest BCUT2D eigenvalue weighted by Crippen LogP contribution is -2.51. The Kier molecular flexibility index (Phi) is 5.69. The van der Waals surface area contributed by atoms with Crippen LogP contribution in [-0.2, 0) is 11.3 Å². The van der Waals surface area contributed by atoms with Crippen molar-refractivity contribution < 1.29 is 4.74 Å². The van der Waals surface area contributed by atoms with Crippen LogP contribution in [0.5, 0.6) is 0 Å². The highest BCUT2D eigenvalue weighted by Crippen LogP contribution is 2.20. The van der Waals surface area contributed by atoms with E-state index in [9.17, 15) is 0 Å². The number of guanidine groups is 1. The number of piperazine rings is 1. The maximum atomic E-state index is 6.28. The van der Waals surface area contributed by atoms with Gasteiger partial charge in [-0.1, -0.05) is 6.07 Å². The van der Waals surface area contributed by atoms with Gasteiger partial charge in [0.1, 0.15) is 5.82 Å². The maximum Gasteiger partial charge on any atom is 0.191 e. The molecule has 0 spiro atoms. The van der Waals surface area contributed by atoms with E-state index in [1.807, 2.05) is 23.8 Å². The fraction of sp³-hybridized carbons (Fsp3) is 0.500. The molecule has 0 saturated carbocycles. The monoisotopic (exact) mass is 387 g/mol. The molecule has 27 heavy (non-hydrogen) atoms. The average molecular weight is 388 g/mol. The van der Waals surface area contributed by atoms with Crippen LogP contribution in [0, 0.1) is 0 Å². The normalized spacial score (nSPS) is 18.8. The molecule has 0 atom stereocenters. The molecule has 9 heteroatoms. The molecule has 144 valence electrons. The number of nitrogens with zero attached hydrogens (tertiary/aromatic N) is 6. The number of hydrogen-bond acceptors (Lipinski definition) is 7. The number of aromatic nitrogens is 2. The van der Waals surface area contributed by atoms with Crippen molar-refractivity contribution in [1.82, 2.24) is 14.9 Å². The molecule has 0 unspecified atom stereocenters. The van der Waals surface area contributed by atoms with Crippen molar-refractivity contribution in [2.75, 3.05) is 62.3 Å². The third-order valence-corrected chi connectivity index (χ3v) is 5.72. The second-order valence-electron chi connectivity index (χ2n) is 6.55. The number of hydrogen-bond donors (Lipinski definition) is 1. The molecule has 4 heterocycles. The summed E-state index contributed by atoms with van der Waals surface area (Å²) in [6.07, 6.45) is 3.68. The van der Waals surface area contributed by atoms with Gasteiger partial charge in [0, 0.05) is 62.6 Å². The summed E-state index contributed by atoms with van der Waals surface area (Å²) in [5.41, 5.74) is 7.38. The van der Waals surface area contributed by atoms with Gasteiger partial charge in [-0.05, 0) is 6.07 Å². The fourth-order valence-corrected chi connectivity index (χ4v) is 4.08. The van der Waals surface area contributed by atoms with E-state index in [1.165, 1.54) is 0 Å². The molecule has 0 bridgehead atoms. The zero-order valence-electron chi connectivity index (χ0n) is 15.3. The van der Waals surface area contributed by atoms with Gasteiger partial charge in [-0.25, -0.2) is 15.0 Å². The first kappa shape index (κ1) is 18.0. The molecular weight excluding hydrogens is 362 g/mol. The molecule has 2 fully saturated rings. The Labute approximate surface area is 163 Å². The van der Waals surface area contributed by atoms with Crippen LogP contribution in [0.2, 0.25) is 0 Å². The first-order valence-electron chi connectivity index (χ1n) is 9.27. The molecule has 2 aromatic heterocycles. The summed E-state index contributed by atoms with van der Waals surface area (Å²) in [5.74, 6) is 1.59. The van der Waals surface area contributed by atoms with E-state index >= 15 is 0 Å². The van der Waals surface area contributed by atoms with E-state index in [1.54, 1.807) is 11.3 Å². The van der Waals surface area contributed by atoms with Gasteiger partial charge in [0.25, 0.3) is 0 Å². The minimum Gasteiger partial charge on any atom is -0.378 e. The van der Waals surface area contributed by atoms with Gasteiger partial charge < -0.3 is 25.2 Å². The smallest absolute Gasteiger partial charge is 0.191 e.